The maximum absolute atomic E-state index is 5.56. The summed E-state index contributed by atoms with van der Waals surface area (Å²) in [6.45, 7) is 1.32. The van der Waals surface area contributed by atoms with Crippen LogP contribution >= 0.6 is 12.2 Å². The summed E-state index contributed by atoms with van der Waals surface area (Å²) in [5.74, 6) is 5.76. The highest BCUT2D eigenvalue weighted by molar-refractivity contribution is 7.80. The van der Waals surface area contributed by atoms with Crippen molar-refractivity contribution in [3.8, 4) is 0 Å². The molecule has 0 saturated heterocycles. The molecule has 7 heteroatoms. The number of nitrogens with two attached hydrogens (primary N) is 2. The zero-order valence-electron chi connectivity index (χ0n) is 7.87. The van der Waals surface area contributed by atoms with Crippen LogP contribution in [0.5, 0.6) is 0 Å². The Labute approximate surface area is 83.3 Å². The van der Waals surface area contributed by atoms with Gasteiger partial charge in [0.1, 0.15) is 0 Å². The molecule has 0 aromatic heterocycles. The van der Waals surface area contributed by atoms with Crippen molar-refractivity contribution in [2.24, 2.45) is 16.6 Å². The third-order valence-electron chi connectivity index (χ3n) is 1.33. The Morgan fingerprint density at radius 3 is 2.62 bits per heavy atom. The van der Waals surface area contributed by atoms with Crippen LogP contribution in [-0.4, -0.2) is 43.3 Å². The molecule has 6 nitrogen and oxygen atoms in total. The van der Waals surface area contributed by atoms with Crippen LogP contribution in [0.25, 0.3) is 0 Å². The second-order valence-electron chi connectivity index (χ2n) is 2.32. The zero-order chi connectivity index (χ0) is 10.3. The van der Waals surface area contributed by atoms with E-state index in [0.717, 1.165) is 6.54 Å². The number of hydrogen-bond donors (Lipinski definition) is 4. The van der Waals surface area contributed by atoms with Crippen LogP contribution in [0.15, 0.2) is 4.99 Å². The van der Waals surface area contributed by atoms with Crippen LogP contribution in [-0.2, 0) is 0 Å². The lowest BCUT2D eigenvalue weighted by molar-refractivity contribution is 0.432. The fourth-order valence-electron chi connectivity index (χ4n) is 0.571. The van der Waals surface area contributed by atoms with Crippen molar-refractivity contribution in [3.05, 3.63) is 0 Å². The molecule has 0 spiro atoms. The molecule has 0 fully saturated rings. The third kappa shape index (κ3) is 5.34. The van der Waals surface area contributed by atoms with E-state index in [1.165, 1.54) is 5.01 Å². The number of thiocarbonyl (C=S) groups is 1. The molecular formula is C6H16N6S. The van der Waals surface area contributed by atoms with E-state index in [4.69, 9.17) is 23.8 Å². The van der Waals surface area contributed by atoms with Gasteiger partial charge in [0.15, 0.2) is 5.11 Å². The maximum Gasteiger partial charge on any atom is 0.213 e. The van der Waals surface area contributed by atoms with Gasteiger partial charge in [-0.1, -0.05) is 0 Å². The fraction of sp³-hybridized carbons (Fsp3) is 0.667. The van der Waals surface area contributed by atoms with E-state index < -0.39 is 0 Å². The summed E-state index contributed by atoms with van der Waals surface area (Å²) in [6.07, 6.45) is 0. The lowest BCUT2D eigenvalue weighted by Crippen LogP contribution is -2.46. The van der Waals surface area contributed by atoms with Crippen LogP contribution in [0.1, 0.15) is 0 Å². The number of aliphatic imine (C=N–C) groups is 1. The molecule has 0 saturated carbocycles. The van der Waals surface area contributed by atoms with Crippen LogP contribution in [0, 0.1) is 0 Å². The molecule has 13 heavy (non-hydrogen) atoms. The Balaban J connectivity index is 4.00. The van der Waals surface area contributed by atoms with Crippen molar-refractivity contribution >= 4 is 23.3 Å². The average molecular weight is 204 g/mol. The SMILES string of the molecule is CNCCN(N)C(N)=NC(=S)NC. The van der Waals surface area contributed by atoms with E-state index in [9.17, 15) is 0 Å². The monoisotopic (exact) mass is 204 g/mol. The molecule has 0 rings (SSSR count). The largest absolute Gasteiger partial charge is 0.368 e. The van der Waals surface area contributed by atoms with Gasteiger partial charge >= 0.3 is 0 Å². The van der Waals surface area contributed by atoms with E-state index in [-0.39, 0.29) is 5.96 Å². The minimum atomic E-state index is 0.203. The molecule has 0 atom stereocenters. The van der Waals surface area contributed by atoms with Crippen molar-refractivity contribution in [2.75, 3.05) is 27.2 Å². The summed E-state index contributed by atoms with van der Waals surface area (Å²) in [6, 6.07) is 0. The quantitative estimate of drug-likeness (QED) is 0.143. The lowest BCUT2D eigenvalue weighted by atomic mass is 10.6. The topological polar surface area (TPSA) is 91.7 Å². The van der Waals surface area contributed by atoms with Crippen molar-refractivity contribution < 1.29 is 0 Å². The standard InChI is InChI=1S/C6H16N6S/c1-9-3-4-12(8)5(7)11-6(13)10-2/h9H,3-4,8H2,1-2H3,(H3,7,10,11,13). The summed E-state index contributed by atoms with van der Waals surface area (Å²) >= 11 is 4.79. The van der Waals surface area contributed by atoms with Gasteiger partial charge in [-0.2, -0.15) is 4.99 Å². The summed E-state index contributed by atoms with van der Waals surface area (Å²) in [5, 5.41) is 7.26. The van der Waals surface area contributed by atoms with Gasteiger partial charge in [-0.3, -0.25) is 5.01 Å². The molecule has 6 N–H and O–H groups in total. The van der Waals surface area contributed by atoms with Crippen molar-refractivity contribution in [2.45, 2.75) is 0 Å². The van der Waals surface area contributed by atoms with Crippen LogP contribution < -0.4 is 22.2 Å². The van der Waals surface area contributed by atoms with E-state index in [0.29, 0.717) is 11.7 Å². The highest BCUT2D eigenvalue weighted by Gasteiger charge is 2.01. The first-order valence-electron chi connectivity index (χ1n) is 3.84. The Hall–Kier alpha value is -0.920. The highest BCUT2D eigenvalue weighted by Crippen LogP contribution is 1.79. The molecular weight excluding hydrogens is 188 g/mol. The number of hydrogen-bond acceptors (Lipinski definition) is 3. The molecule has 0 amide bonds. The number of likely N-dealkylation sites (N-methyl/N-ethyl adjacent to an activating group) is 1. The Morgan fingerprint density at radius 1 is 1.54 bits per heavy atom. The molecule has 0 aliphatic carbocycles. The van der Waals surface area contributed by atoms with E-state index in [1.54, 1.807) is 7.05 Å². The summed E-state index contributed by atoms with van der Waals surface area (Å²) in [4.78, 5) is 3.84. The Kier molecular flexibility index (Phi) is 6.11. The van der Waals surface area contributed by atoms with E-state index in [2.05, 4.69) is 15.6 Å². The predicted molar refractivity (Wildman–Crippen MR) is 58.1 cm³/mol. The summed E-state index contributed by atoms with van der Waals surface area (Å²) in [7, 11) is 3.51. The Bertz CT molecular complexity index is 192. The first-order chi connectivity index (χ1) is 6.11. The first-order valence-corrected chi connectivity index (χ1v) is 4.25. The van der Waals surface area contributed by atoms with Gasteiger partial charge in [0, 0.05) is 20.1 Å². The smallest absolute Gasteiger partial charge is 0.213 e. The fourth-order valence-corrected chi connectivity index (χ4v) is 0.664. The highest BCUT2D eigenvalue weighted by atomic mass is 32.1. The molecule has 0 radical (unpaired) electrons. The maximum atomic E-state index is 5.56. The zero-order valence-corrected chi connectivity index (χ0v) is 8.69. The number of nitrogens with zero attached hydrogens (tertiary/aromatic N) is 2. The van der Waals surface area contributed by atoms with Crippen molar-refractivity contribution in [3.63, 3.8) is 0 Å². The van der Waals surface area contributed by atoms with E-state index >= 15 is 0 Å². The lowest BCUT2D eigenvalue weighted by Gasteiger charge is -2.16. The molecule has 0 aliphatic rings. The minimum absolute atomic E-state index is 0.203. The molecule has 0 bridgehead atoms. The first kappa shape index (κ1) is 12.1. The minimum Gasteiger partial charge on any atom is -0.368 e. The van der Waals surface area contributed by atoms with Crippen molar-refractivity contribution in [1.29, 1.82) is 0 Å². The van der Waals surface area contributed by atoms with Gasteiger partial charge in [0.05, 0.1) is 0 Å². The van der Waals surface area contributed by atoms with Crippen molar-refractivity contribution in [1.82, 2.24) is 15.6 Å². The third-order valence-corrected chi connectivity index (χ3v) is 1.62. The van der Waals surface area contributed by atoms with Gasteiger partial charge < -0.3 is 16.4 Å². The average Bonchev–Trinajstić information content (AvgIpc) is 2.13. The Morgan fingerprint density at radius 2 is 2.15 bits per heavy atom. The second kappa shape index (κ2) is 6.58. The summed E-state index contributed by atoms with van der Waals surface area (Å²) in [5.41, 5.74) is 5.53. The molecule has 0 aromatic carbocycles. The molecule has 0 unspecified atom stereocenters. The second-order valence-corrected chi connectivity index (χ2v) is 2.71. The van der Waals surface area contributed by atoms with Crippen LogP contribution in [0.3, 0.4) is 0 Å². The molecule has 0 aromatic rings. The normalized spacial score (nSPS) is 11.2. The van der Waals surface area contributed by atoms with Gasteiger partial charge in [-0.25, -0.2) is 5.84 Å². The van der Waals surface area contributed by atoms with Crippen LogP contribution in [0.4, 0.5) is 0 Å². The van der Waals surface area contributed by atoms with Gasteiger partial charge in [-0.15, -0.1) is 0 Å². The number of rotatable bonds is 3. The van der Waals surface area contributed by atoms with E-state index in [1.807, 2.05) is 7.05 Å². The molecule has 0 aliphatic heterocycles. The molecule has 76 valence electrons. The molecule has 0 heterocycles. The number of hydrazine groups is 1. The van der Waals surface area contributed by atoms with Gasteiger partial charge in [0.25, 0.3) is 0 Å². The van der Waals surface area contributed by atoms with Crippen LogP contribution in [0.2, 0.25) is 0 Å². The number of nitrogens with one attached hydrogen (secondary N) is 2. The predicted octanol–water partition coefficient (Wildman–Crippen LogP) is -1.80. The van der Waals surface area contributed by atoms with Gasteiger partial charge in [0.2, 0.25) is 5.96 Å². The summed E-state index contributed by atoms with van der Waals surface area (Å²) < 4.78 is 0. The number of guanidine groups is 1. The van der Waals surface area contributed by atoms with Gasteiger partial charge in [-0.05, 0) is 19.3 Å².